The van der Waals surface area contributed by atoms with Gasteiger partial charge in [-0.3, -0.25) is 9.59 Å². The van der Waals surface area contributed by atoms with Crippen molar-refractivity contribution in [1.82, 2.24) is 10.5 Å². The van der Waals surface area contributed by atoms with E-state index in [0.29, 0.717) is 25.8 Å². The van der Waals surface area contributed by atoms with Crippen molar-refractivity contribution in [3.8, 4) is 0 Å². The molecule has 6 heteroatoms. The van der Waals surface area contributed by atoms with Crippen molar-refractivity contribution in [3.63, 3.8) is 0 Å². The van der Waals surface area contributed by atoms with Gasteiger partial charge in [0.15, 0.2) is 0 Å². The molecule has 0 aromatic carbocycles. The van der Waals surface area contributed by atoms with E-state index in [1.807, 2.05) is 13.8 Å². The molecule has 0 aliphatic heterocycles. The third-order valence-corrected chi connectivity index (χ3v) is 3.11. The number of rotatable bonds is 9. The van der Waals surface area contributed by atoms with Crippen LogP contribution in [0.25, 0.3) is 0 Å². The summed E-state index contributed by atoms with van der Waals surface area (Å²) in [6.45, 7) is 4.40. The van der Waals surface area contributed by atoms with Gasteiger partial charge in [0.05, 0.1) is 5.69 Å². The van der Waals surface area contributed by atoms with Crippen LogP contribution >= 0.6 is 0 Å². The molecule has 0 radical (unpaired) electrons. The summed E-state index contributed by atoms with van der Waals surface area (Å²) < 4.78 is 5.23. The smallest absolute Gasteiger partial charge is 0.303 e. The van der Waals surface area contributed by atoms with Crippen LogP contribution in [0, 0.1) is 0 Å². The van der Waals surface area contributed by atoms with Crippen LogP contribution in [0.4, 0.5) is 0 Å². The zero-order chi connectivity index (χ0) is 15.0. The molecule has 6 nitrogen and oxygen atoms in total. The molecule has 1 aromatic rings. The van der Waals surface area contributed by atoms with Crippen LogP contribution in [-0.4, -0.2) is 22.1 Å². The van der Waals surface area contributed by atoms with Crippen molar-refractivity contribution in [3.05, 3.63) is 17.0 Å². The second-order valence-corrected chi connectivity index (χ2v) is 4.62. The average molecular weight is 282 g/mol. The fourth-order valence-corrected chi connectivity index (χ4v) is 1.97. The highest BCUT2D eigenvalue weighted by Crippen LogP contribution is 2.15. The lowest BCUT2D eigenvalue weighted by Gasteiger charge is -2.05. The molecule has 1 aromatic heterocycles. The summed E-state index contributed by atoms with van der Waals surface area (Å²) in [5.74, 6) is -0.0798. The maximum absolute atomic E-state index is 11.7. The predicted molar refractivity (Wildman–Crippen MR) is 73.2 cm³/mol. The summed E-state index contributed by atoms with van der Waals surface area (Å²) in [4.78, 5) is 22.0. The van der Waals surface area contributed by atoms with Crippen LogP contribution < -0.4 is 5.32 Å². The van der Waals surface area contributed by atoms with Gasteiger partial charge in [0.2, 0.25) is 5.91 Å². The highest BCUT2D eigenvalue weighted by atomic mass is 16.5. The standard InChI is InChI=1S/C14H22N2O4/c1-3-11-10(12(4-2)20-16-11)9-15-13(17)7-5-6-8-14(18)19/h3-9H2,1-2H3,(H,15,17)(H,18,19). The normalized spacial score (nSPS) is 10.5. The zero-order valence-corrected chi connectivity index (χ0v) is 12.1. The van der Waals surface area contributed by atoms with Gasteiger partial charge in [0.1, 0.15) is 5.76 Å². The van der Waals surface area contributed by atoms with Gasteiger partial charge in [-0.2, -0.15) is 0 Å². The highest BCUT2D eigenvalue weighted by Gasteiger charge is 2.14. The van der Waals surface area contributed by atoms with Gasteiger partial charge in [-0.1, -0.05) is 19.0 Å². The summed E-state index contributed by atoms with van der Waals surface area (Å²) in [7, 11) is 0. The topological polar surface area (TPSA) is 92.4 Å². The Kier molecular flexibility index (Phi) is 6.76. The fourth-order valence-electron chi connectivity index (χ4n) is 1.97. The minimum Gasteiger partial charge on any atom is -0.481 e. The predicted octanol–water partition coefficient (Wildman–Crippen LogP) is 2.06. The van der Waals surface area contributed by atoms with Crippen molar-refractivity contribution in [2.75, 3.05) is 0 Å². The Morgan fingerprint density at radius 1 is 1.20 bits per heavy atom. The van der Waals surface area contributed by atoms with E-state index in [2.05, 4.69) is 10.5 Å². The molecule has 20 heavy (non-hydrogen) atoms. The first-order chi connectivity index (χ1) is 9.58. The van der Waals surface area contributed by atoms with Crippen molar-refractivity contribution >= 4 is 11.9 Å². The second kappa shape index (κ2) is 8.35. The minimum atomic E-state index is -0.824. The Morgan fingerprint density at radius 2 is 1.90 bits per heavy atom. The number of carbonyl (C=O) groups excluding carboxylic acids is 1. The number of aliphatic carboxylic acids is 1. The first-order valence-corrected chi connectivity index (χ1v) is 7.03. The van der Waals surface area contributed by atoms with E-state index in [1.165, 1.54) is 0 Å². The maximum atomic E-state index is 11.7. The number of nitrogens with zero attached hydrogens (tertiary/aromatic N) is 1. The number of carboxylic acids is 1. The van der Waals surface area contributed by atoms with E-state index in [1.54, 1.807) is 0 Å². The number of hydrogen-bond donors (Lipinski definition) is 2. The number of amides is 1. The molecule has 112 valence electrons. The van der Waals surface area contributed by atoms with Crippen LogP contribution in [-0.2, 0) is 29.0 Å². The zero-order valence-electron chi connectivity index (χ0n) is 12.1. The SMILES string of the molecule is CCc1noc(CC)c1CNC(=O)CCCCC(=O)O. The molecule has 0 bridgehead atoms. The molecule has 1 amide bonds. The van der Waals surface area contributed by atoms with Crippen molar-refractivity contribution in [1.29, 1.82) is 0 Å². The molecule has 0 aliphatic carbocycles. The van der Waals surface area contributed by atoms with Crippen LogP contribution in [0.5, 0.6) is 0 Å². The van der Waals surface area contributed by atoms with Gasteiger partial charge in [-0.25, -0.2) is 0 Å². The van der Waals surface area contributed by atoms with E-state index >= 15 is 0 Å². The van der Waals surface area contributed by atoms with E-state index in [4.69, 9.17) is 9.63 Å². The van der Waals surface area contributed by atoms with Crippen molar-refractivity contribution < 1.29 is 19.2 Å². The lowest BCUT2D eigenvalue weighted by molar-refractivity contribution is -0.137. The third-order valence-electron chi connectivity index (χ3n) is 3.11. The molecule has 2 N–H and O–H groups in total. The number of aromatic nitrogens is 1. The first-order valence-electron chi connectivity index (χ1n) is 7.03. The van der Waals surface area contributed by atoms with Gasteiger partial charge >= 0.3 is 5.97 Å². The Labute approximate surface area is 118 Å². The van der Waals surface area contributed by atoms with E-state index < -0.39 is 5.97 Å². The fraction of sp³-hybridized carbons (Fsp3) is 0.643. The molecule has 1 rings (SSSR count). The summed E-state index contributed by atoms with van der Waals surface area (Å²) in [5, 5.41) is 15.3. The molecule has 0 unspecified atom stereocenters. The van der Waals surface area contributed by atoms with E-state index in [-0.39, 0.29) is 12.3 Å². The Balaban J connectivity index is 2.37. The lowest BCUT2D eigenvalue weighted by Crippen LogP contribution is -2.23. The minimum absolute atomic E-state index is 0.0688. The highest BCUT2D eigenvalue weighted by molar-refractivity contribution is 5.76. The van der Waals surface area contributed by atoms with Crippen LogP contribution in [0.1, 0.15) is 56.5 Å². The number of aryl methyl sites for hydroxylation is 2. The van der Waals surface area contributed by atoms with E-state index in [9.17, 15) is 9.59 Å². The molecule has 0 atom stereocenters. The summed E-state index contributed by atoms with van der Waals surface area (Å²) in [6.07, 6.45) is 3.09. The van der Waals surface area contributed by atoms with Crippen LogP contribution in [0.15, 0.2) is 4.52 Å². The number of carbonyl (C=O) groups is 2. The average Bonchev–Trinajstić information content (AvgIpc) is 2.83. The van der Waals surface area contributed by atoms with Crippen LogP contribution in [0.3, 0.4) is 0 Å². The summed E-state index contributed by atoms with van der Waals surface area (Å²) >= 11 is 0. The van der Waals surface area contributed by atoms with Gasteiger partial charge in [0, 0.05) is 31.4 Å². The van der Waals surface area contributed by atoms with Crippen molar-refractivity contribution in [2.45, 2.75) is 58.9 Å². The Hall–Kier alpha value is -1.85. The molecule has 0 spiro atoms. The lowest BCUT2D eigenvalue weighted by atomic mass is 10.1. The first kappa shape index (κ1) is 16.2. The number of unbranched alkanes of at least 4 members (excludes halogenated alkanes) is 1. The van der Waals surface area contributed by atoms with Gasteiger partial charge in [0.25, 0.3) is 0 Å². The summed E-state index contributed by atoms with van der Waals surface area (Å²) in [6, 6.07) is 0. The molecule has 1 heterocycles. The quantitative estimate of drug-likeness (QED) is 0.676. The van der Waals surface area contributed by atoms with Gasteiger partial charge in [-0.15, -0.1) is 0 Å². The second-order valence-electron chi connectivity index (χ2n) is 4.62. The molecule has 0 fully saturated rings. The van der Waals surface area contributed by atoms with Crippen molar-refractivity contribution in [2.24, 2.45) is 0 Å². The van der Waals surface area contributed by atoms with Gasteiger partial charge in [-0.05, 0) is 19.3 Å². The molecule has 0 saturated carbocycles. The Morgan fingerprint density at radius 3 is 2.50 bits per heavy atom. The number of carboxylic acid groups (broad SMARTS) is 1. The molecular weight excluding hydrogens is 260 g/mol. The van der Waals surface area contributed by atoms with Crippen LogP contribution in [0.2, 0.25) is 0 Å². The summed E-state index contributed by atoms with van der Waals surface area (Å²) in [5.41, 5.74) is 1.85. The molecular formula is C14H22N2O4. The maximum Gasteiger partial charge on any atom is 0.303 e. The Bertz CT molecular complexity index is 433. The monoisotopic (exact) mass is 282 g/mol. The van der Waals surface area contributed by atoms with Gasteiger partial charge < -0.3 is 14.9 Å². The number of hydrogen-bond acceptors (Lipinski definition) is 4. The van der Waals surface area contributed by atoms with E-state index in [0.717, 1.165) is 29.9 Å². The number of nitrogens with one attached hydrogen (secondary N) is 1. The molecule has 0 aliphatic rings. The third kappa shape index (κ3) is 5.03. The molecule has 0 saturated heterocycles. The largest absolute Gasteiger partial charge is 0.481 e.